The largest absolute Gasteiger partial charge is 0.495 e. The summed E-state index contributed by atoms with van der Waals surface area (Å²) >= 11 is 7.59. The zero-order valence-corrected chi connectivity index (χ0v) is 27.8. The van der Waals surface area contributed by atoms with Gasteiger partial charge in [0.05, 0.1) is 30.2 Å². The number of hydrogen-bond donors (Lipinski definition) is 3. The van der Waals surface area contributed by atoms with E-state index >= 15 is 0 Å². The number of methoxy groups -OCH3 is 2. The maximum Gasteiger partial charge on any atom is 0.272 e. The molecule has 0 aliphatic heterocycles. The van der Waals surface area contributed by atoms with E-state index in [1.807, 2.05) is 42.5 Å². The van der Waals surface area contributed by atoms with Crippen LogP contribution in [0, 0.1) is 0 Å². The molecule has 0 saturated heterocycles. The summed E-state index contributed by atoms with van der Waals surface area (Å²) in [5.41, 5.74) is 3.44. The van der Waals surface area contributed by atoms with Crippen molar-refractivity contribution in [1.29, 1.82) is 0 Å². The summed E-state index contributed by atoms with van der Waals surface area (Å²) in [6.07, 6.45) is 1.65. The minimum Gasteiger partial charge on any atom is -0.495 e. The molecule has 3 N–H and O–H groups in total. The summed E-state index contributed by atoms with van der Waals surface area (Å²) in [6, 6.07) is 26.8. The number of ether oxygens (including phenoxy) is 2. The predicted octanol–water partition coefficient (Wildman–Crippen LogP) is 8.01. The van der Waals surface area contributed by atoms with Gasteiger partial charge >= 0.3 is 0 Å². The summed E-state index contributed by atoms with van der Waals surface area (Å²) < 4.78 is 10.6. The minimum atomic E-state index is -0.475. The number of anilines is 2. The Morgan fingerprint density at radius 3 is 2.07 bits per heavy atom. The van der Waals surface area contributed by atoms with Gasteiger partial charge in [0.15, 0.2) is 0 Å². The standard InChI is InChI=1S/C36H36ClN3O5S/c1-22(2)25-13-11-24(12-14-25)19-31(40-35(42)26-9-7-6-8-10-26)36(43)38-27-15-17-28(18-16-27)46-23(3)34(41)39-30-20-29(37)32(44-4)21-33(30)45-5/h6-23H,1-5H3,(H,38,43)(H,39,41)(H,40,42)/b31-19-. The Bertz CT molecular complexity index is 1710. The van der Waals surface area contributed by atoms with Crippen LogP contribution in [0.5, 0.6) is 11.5 Å². The Morgan fingerprint density at radius 2 is 1.46 bits per heavy atom. The van der Waals surface area contributed by atoms with Crippen LogP contribution < -0.4 is 25.4 Å². The smallest absolute Gasteiger partial charge is 0.272 e. The molecule has 1 atom stereocenters. The van der Waals surface area contributed by atoms with Crippen molar-refractivity contribution in [3.8, 4) is 11.5 Å². The number of hydrogen-bond acceptors (Lipinski definition) is 6. The zero-order valence-electron chi connectivity index (χ0n) is 26.2. The van der Waals surface area contributed by atoms with Crippen LogP contribution in [-0.4, -0.2) is 37.2 Å². The third-order valence-electron chi connectivity index (χ3n) is 6.97. The first-order chi connectivity index (χ1) is 22.1. The summed E-state index contributed by atoms with van der Waals surface area (Å²) in [5, 5.41) is 8.37. The molecule has 4 aromatic carbocycles. The van der Waals surface area contributed by atoms with Crippen LogP contribution >= 0.6 is 23.4 Å². The lowest BCUT2D eigenvalue weighted by Gasteiger charge is -2.16. The van der Waals surface area contributed by atoms with E-state index in [0.29, 0.717) is 39.4 Å². The highest BCUT2D eigenvalue weighted by atomic mass is 35.5. The number of amides is 3. The summed E-state index contributed by atoms with van der Waals surface area (Å²) in [7, 11) is 3.00. The first-order valence-electron chi connectivity index (χ1n) is 14.6. The van der Waals surface area contributed by atoms with Gasteiger partial charge in [-0.05, 0) is 72.5 Å². The van der Waals surface area contributed by atoms with Crippen LogP contribution in [0.1, 0.15) is 48.2 Å². The van der Waals surface area contributed by atoms with Crippen molar-refractivity contribution in [2.45, 2.75) is 36.8 Å². The first kappa shape index (κ1) is 34.1. The molecule has 0 heterocycles. The molecular formula is C36H36ClN3O5S. The summed E-state index contributed by atoms with van der Waals surface area (Å²) in [6.45, 7) is 6.01. The normalized spacial score (nSPS) is 11.8. The lowest BCUT2D eigenvalue weighted by atomic mass is 10.0. The SMILES string of the molecule is COc1cc(OC)c(NC(=O)C(C)Sc2ccc(NC(=O)/C(=C/c3ccc(C(C)C)cc3)NC(=O)c3ccccc3)cc2)cc1Cl. The molecule has 0 aliphatic carbocycles. The van der Waals surface area contributed by atoms with Crippen molar-refractivity contribution in [3.05, 3.63) is 118 Å². The molecule has 238 valence electrons. The molecule has 10 heteroatoms. The first-order valence-corrected chi connectivity index (χ1v) is 15.8. The molecule has 46 heavy (non-hydrogen) atoms. The molecule has 0 fully saturated rings. The van der Waals surface area contributed by atoms with Crippen molar-refractivity contribution in [2.24, 2.45) is 0 Å². The minimum absolute atomic E-state index is 0.101. The third-order valence-corrected chi connectivity index (χ3v) is 8.38. The van der Waals surface area contributed by atoms with Crippen LogP contribution in [0.3, 0.4) is 0 Å². The molecule has 3 amide bonds. The van der Waals surface area contributed by atoms with Crippen LogP contribution in [0.4, 0.5) is 11.4 Å². The number of thioether (sulfide) groups is 1. The van der Waals surface area contributed by atoms with Gasteiger partial charge in [-0.25, -0.2) is 0 Å². The van der Waals surface area contributed by atoms with Gasteiger partial charge < -0.3 is 25.4 Å². The zero-order chi connectivity index (χ0) is 33.2. The highest BCUT2D eigenvalue weighted by Gasteiger charge is 2.19. The average molecular weight is 658 g/mol. The lowest BCUT2D eigenvalue weighted by molar-refractivity contribution is -0.115. The second-order valence-corrected chi connectivity index (χ2v) is 12.4. The average Bonchev–Trinajstić information content (AvgIpc) is 3.06. The maximum atomic E-state index is 13.4. The number of halogens is 1. The molecule has 0 radical (unpaired) electrons. The van der Waals surface area contributed by atoms with E-state index in [9.17, 15) is 14.4 Å². The van der Waals surface area contributed by atoms with E-state index < -0.39 is 17.1 Å². The number of carbonyl (C=O) groups is 3. The van der Waals surface area contributed by atoms with E-state index in [0.717, 1.165) is 10.5 Å². The van der Waals surface area contributed by atoms with E-state index in [4.69, 9.17) is 21.1 Å². The molecule has 4 aromatic rings. The second kappa shape index (κ2) is 16.0. The summed E-state index contributed by atoms with van der Waals surface area (Å²) in [5.74, 6) is 0.118. The molecule has 0 spiro atoms. The van der Waals surface area contributed by atoms with Gasteiger partial charge in [-0.2, -0.15) is 0 Å². The van der Waals surface area contributed by atoms with Crippen LogP contribution in [-0.2, 0) is 9.59 Å². The Morgan fingerprint density at radius 1 is 0.804 bits per heavy atom. The number of rotatable bonds is 12. The number of nitrogens with one attached hydrogen (secondary N) is 3. The second-order valence-electron chi connectivity index (χ2n) is 10.6. The van der Waals surface area contributed by atoms with Crippen molar-refractivity contribution in [1.82, 2.24) is 5.32 Å². The van der Waals surface area contributed by atoms with E-state index in [1.54, 1.807) is 61.5 Å². The van der Waals surface area contributed by atoms with Crippen LogP contribution in [0.25, 0.3) is 6.08 Å². The van der Waals surface area contributed by atoms with Gasteiger partial charge in [0, 0.05) is 22.2 Å². The van der Waals surface area contributed by atoms with Gasteiger partial charge in [0.1, 0.15) is 17.2 Å². The molecule has 1 unspecified atom stereocenters. The molecule has 0 aromatic heterocycles. The molecule has 0 aliphatic rings. The Hall–Kier alpha value is -4.73. The number of benzene rings is 4. The summed E-state index contributed by atoms with van der Waals surface area (Å²) in [4.78, 5) is 40.2. The highest BCUT2D eigenvalue weighted by molar-refractivity contribution is 8.00. The Labute approximate surface area is 278 Å². The highest BCUT2D eigenvalue weighted by Crippen LogP contribution is 2.36. The third kappa shape index (κ3) is 9.15. The van der Waals surface area contributed by atoms with Crippen molar-refractivity contribution < 1.29 is 23.9 Å². The van der Waals surface area contributed by atoms with E-state index in [1.165, 1.54) is 31.5 Å². The fourth-order valence-corrected chi connectivity index (χ4v) is 5.46. The Balaban J connectivity index is 1.44. The predicted molar refractivity (Wildman–Crippen MR) is 186 cm³/mol. The van der Waals surface area contributed by atoms with Crippen LogP contribution in [0.2, 0.25) is 5.02 Å². The van der Waals surface area contributed by atoms with Gasteiger partial charge in [0.25, 0.3) is 11.8 Å². The van der Waals surface area contributed by atoms with Gasteiger partial charge in [0.2, 0.25) is 5.91 Å². The fourth-order valence-electron chi connectivity index (χ4n) is 4.35. The van der Waals surface area contributed by atoms with Crippen molar-refractivity contribution in [3.63, 3.8) is 0 Å². The molecule has 8 nitrogen and oxygen atoms in total. The topological polar surface area (TPSA) is 106 Å². The van der Waals surface area contributed by atoms with Gasteiger partial charge in [-0.15, -0.1) is 11.8 Å². The van der Waals surface area contributed by atoms with Gasteiger partial charge in [-0.1, -0.05) is 67.9 Å². The van der Waals surface area contributed by atoms with Gasteiger partial charge in [-0.3, -0.25) is 14.4 Å². The van der Waals surface area contributed by atoms with E-state index in [2.05, 4.69) is 29.8 Å². The molecule has 4 rings (SSSR count). The monoisotopic (exact) mass is 657 g/mol. The van der Waals surface area contributed by atoms with Crippen molar-refractivity contribution >= 4 is 58.5 Å². The quantitative estimate of drug-likeness (QED) is 0.105. The molecular weight excluding hydrogens is 622 g/mol. The number of carbonyl (C=O) groups excluding carboxylic acids is 3. The van der Waals surface area contributed by atoms with Crippen molar-refractivity contribution in [2.75, 3.05) is 24.9 Å². The van der Waals surface area contributed by atoms with E-state index in [-0.39, 0.29) is 11.6 Å². The Kier molecular flexibility index (Phi) is 11.9. The maximum absolute atomic E-state index is 13.4. The lowest BCUT2D eigenvalue weighted by Crippen LogP contribution is -2.30. The molecule has 0 saturated carbocycles. The molecule has 0 bridgehead atoms. The van der Waals surface area contributed by atoms with Crippen LogP contribution in [0.15, 0.2) is 102 Å². The fraction of sp³-hybridized carbons (Fsp3) is 0.194.